The molecule has 1 rings (SSSR count). The molecule has 1 aliphatic rings. The molecule has 0 aliphatic carbocycles. The minimum absolute atomic E-state index is 0.165. The van der Waals surface area contributed by atoms with E-state index in [-0.39, 0.29) is 9.52 Å². The summed E-state index contributed by atoms with van der Waals surface area (Å²) in [5, 5.41) is 0. The van der Waals surface area contributed by atoms with Crippen LogP contribution in [-0.4, -0.2) is 41.8 Å². The predicted molar refractivity (Wildman–Crippen MR) is 92.0 cm³/mol. The lowest BCUT2D eigenvalue weighted by atomic mass is 10.4. The van der Waals surface area contributed by atoms with Crippen molar-refractivity contribution in [2.45, 2.75) is 69.4 Å². The van der Waals surface area contributed by atoms with Crippen LogP contribution >= 0.6 is 0 Å². The van der Waals surface area contributed by atoms with Gasteiger partial charge < -0.3 is 8.54 Å². The fourth-order valence-corrected chi connectivity index (χ4v) is 20.4. The van der Waals surface area contributed by atoms with Gasteiger partial charge in [-0.2, -0.15) is 0 Å². The molecule has 18 heavy (non-hydrogen) atoms. The average Bonchev–Trinajstić information content (AvgIpc) is 2.27. The minimum atomic E-state index is -1.31. The zero-order valence-corrected chi connectivity index (χ0v) is 17.6. The second-order valence-electron chi connectivity index (χ2n) is 6.73. The van der Waals surface area contributed by atoms with Gasteiger partial charge in [-0.15, -0.1) is 0 Å². The molecule has 2 unspecified atom stereocenters. The Balaban J connectivity index is 2.29. The normalized spacial score (nSPS) is 27.8. The maximum atomic E-state index is 6.49. The summed E-state index contributed by atoms with van der Waals surface area (Å²) in [6, 6.07) is 4.09. The highest BCUT2D eigenvalue weighted by atomic mass is 28.4. The van der Waals surface area contributed by atoms with Gasteiger partial charge in [0.25, 0.3) is 0 Å². The largest absolute Gasteiger partial charge is 0.458 e. The van der Waals surface area contributed by atoms with Crippen molar-refractivity contribution >= 4 is 35.2 Å². The second-order valence-corrected chi connectivity index (χ2v) is 20.6. The molecule has 108 valence electrons. The van der Waals surface area contributed by atoms with Gasteiger partial charge in [0.2, 0.25) is 0 Å². The molecule has 0 amide bonds. The lowest BCUT2D eigenvalue weighted by molar-refractivity contribution is 0.271. The van der Waals surface area contributed by atoms with Crippen molar-refractivity contribution in [2.75, 3.05) is 6.61 Å². The fraction of sp³-hybridized carbons (Fsp3) is 1.00. The van der Waals surface area contributed by atoms with Gasteiger partial charge in [0, 0.05) is 16.1 Å². The van der Waals surface area contributed by atoms with Gasteiger partial charge >= 0.3 is 0 Å². The van der Waals surface area contributed by atoms with Gasteiger partial charge in [-0.1, -0.05) is 13.0 Å². The van der Waals surface area contributed by atoms with Crippen LogP contribution in [0.1, 0.15) is 12.8 Å². The molecular formula is C12H32O2Si4. The average molecular weight is 321 g/mol. The molecule has 2 atom stereocenters. The van der Waals surface area contributed by atoms with Crippen molar-refractivity contribution in [2.24, 2.45) is 0 Å². The van der Waals surface area contributed by atoms with Crippen LogP contribution in [0.5, 0.6) is 0 Å². The Kier molecular flexibility index (Phi) is 7.05. The van der Waals surface area contributed by atoms with Gasteiger partial charge in [-0.25, -0.2) is 0 Å². The quantitative estimate of drug-likeness (QED) is 0.671. The molecular weight excluding hydrogens is 288 g/mol. The Hall–Kier alpha value is 0.788. The summed E-state index contributed by atoms with van der Waals surface area (Å²) in [6.07, 6.45) is 2.69. The summed E-state index contributed by atoms with van der Waals surface area (Å²) in [5.41, 5.74) is 1.45. The van der Waals surface area contributed by atoms with E-state index in [1.165, 1.54) is 36.6 Å². The molecule has 0 aromatic heterocycles. The molecule has 0 aromatic rings. The van der Waals surface area contributed by atoms with Crippen molar-refractivity contribution in [1.29, 1.82) is 0 Å². The number of rotatable bonds is 7. The van der Waals surface area contributed by atoms with E-state index < -0.39 is 25.7 Å². The van der Waals surface area contributed by atoms with Crippen molar-refractivity contribution < 1.29 is 8.54 Å². The first kappa shape index (κ1) is 16.8. The van der Waals surface area contributed by atoms with E-state index >= 15 is 0 Å². The lowest BCUT2D eigenvalue weighted by Crippen LogP contribution is -2.41. The SMILES string of the molecule is C[SiH2]C[Si](C)(C)O[SiH](C)CC[Si]1(C)CCCCO1. The third kappa shape index (κ3) is 6.29. The third-order valence-electron chi connectivity index (χ3n) is 4.00. The van der Waals surface area contributed by atoms with Crippen LogP contribution in [-0.2, 0) is 8.54 Å². The van der Waals surface area contributed by atoms with Gasteiger partial charge in [-0.05, 0) is 56.4 Å². The van der Waals surface area contributed by atoms with Crippen LogP contribution in [0.15, 0.2) is 0 Å². The van der Waals surface area contributed by atoms with E-state index in [0.717, 1.165) is 6.61 Å². The van der Waals surface area contributed by atoms with Crippen molar-refractivity contribution in [3.8, 4) is 0 Å². The smallest absolute Gasteiger partial charge is 0.189 e. The summed E-state index contributed by atoms with van der Waals surface area (Å²) in [6.45, 7) is 13.1. The molecule has 0 saturated carbocycles. The third-order valence-corrected chi connectivity index (χ3v) is 20.3. The van der Waals surface area contributed by atoms with Gasteiger partial charge in [0.1, 0.15) is 0 Å². The zero-order chi connectivity index (χ0) is 13.6. The van der Waals surface area contributed by atoms with Crippen LogP contribution in [0.3, 0.4) is 0 Å². The molecule has 0 N–H and O–H groups in total. The second kappa shape index (κ2) is 7.54. The summed E-state index contributed by atoms with van der Waals surface area (Å²) >= 11 is 0. The summed E-state index contributed by atoms with van der Waals surface area (Å²) in [5.74, 6) is 0. The lowest BCUT2D eigenvalue weighted by Gasteiger charge is -2.33. The molecule has 1 aliphatic heterocycles. The maximum Gasteiger partial charge on any atom is 0.189 e. The topological polar surface area (TPSA) is 18.5 Å². The van der Waals surface area contributed by atoms with Crippen LogP contribution in [0.25, 0.3) is 0 Å². The Morgan fingerprint density at radius 1 is 1.39 bits per heavy atom. The molecule has 1 saturated heterocycles. The standard InChI is InChI=1S/C12H32O2Si4/c1-15-12-17(3,4)14-16(2)9-11-18(5)10-7-6-8-13-18/h16H,6-12,15H2,1-5H3. The molecule has 0 aromatic carbocycles. The molecule has 0 radical (unpaired) electrons. The number of hydrogen-bond donors (Lipinski definition) is 0. The Morgan fingerprint density at radius 2 is 2.11 bits per heavy atom. The highest BCUT2D eigenvalue weighted by Crippen LogP contribution is 2.28. The zero-order valence-electron chi connectivity index (χ0n) is 13.1. The van der Waals surface area contributed by atoms with Crippen LogP contribution in [0, 0.1) is 0 Å². The van der Waals surface area contributed by atoms with Crippen molar-refractivity contribution in [3.63, 3.8) is 0 Å². The first-order valence-electron chi connectivity index (χ1n) is 7.69. The van der Waals surface area contributed by atoms with Crippen LogP contribution in [0.4, 0.5) is 0 Å². The maximum absolute atomic E-state index is 6.49. The van der Waals surface area contributed by atoms with E-state index in [4.69, 9.17) is 8.54 Å². The van der Waals surface area contributed by atoms with Crippen LogP contribution in [0.2, 0.25) is 56.5 Å². The predicted octanol–water partition coefficient (Wildman–Crippen LogP) is 3.12. The van der Waals surface area contributed by atoms with E-state index in [2.05, 4.69) is 32.7 Å². The van der Waals surface area contributed by atoms with E-state index in [1.807, 2.05) is 0 Å². The van der Waals surface area contributed by atoms with E-state index in [9.17, 15) is 0 Å². The molecule has 6 heteroatoms. The minimum Gasteiger partial charge on any atom is -0.458 e. The fourth-order valence-electron chi connectivity index (χ4n) is 2.96. The molecule has 0 spiro atoms. The van der Waals surface area contributed by atoms with Crippen molar-refractivity contribution in [1.82, 2.24) is 0 Å². The van der Waals surface area contributed by atoms with Crippen molar-refractivity contribution in [3.05, 3.63) is 0 Å². The summed E-state index contributed by atoms with van der Waals surface area (Å²) in [7, 11) is -3.36. The van der Waals surface area contributed by atoms with Gasteiger partial charge in [-0.3, -0.25) is 0 Å². The summed E-state index contributed by atoms with van der Waals surface area (Å²) < 4.78 is 12.6. The molecule has 1 heterocycles. The van der Waals surface area contributed by atoms with E-state index in [1.54, 1.807) is 0 Å². The molecule has 2 nitrogen and oxygen atoms in total. The Bertz CT molecular complexity index is 242. The highest BCUT2D eigenvalue weighted by Gasteiger charge is 2.32. The van der Waals surface area contributed by atoms with Gasteiger partial charge in [0.15, 0.2) is 25.7 Å². The summed E-state index contributed by atoms with van der Waals surface area (Å²) in [4.78, 5) is 0. The number of hydrogen-bond acceptors (Lipinski definition) is 2. The Labute approximate surface area is 120 Å². The first-order chi connectivity index (χ1) is 8.37. The monoisotopic (exact) mass is 320 g/mol. The first-order valence-corrected chi connectivity index (χ1v) is 18.5. The highest BCUT2D eigenvalue weighted by molar-refractivity contribution is 6.84. The van der Waals surface area contributed by atoms with Gasteiger partial charge in [0.05, 0.1) is 0 Å². The molecule has 1 fully saturated rings. The molecule has 0 bridgehead atoms. The Morgan fingerprint density at radius 3 is 2.67 bits per heavy atom. The van der Waals surface area contributed by atoms with E-state index in [0.29, 0.717) is 0 Å². The van der Waals surface area contributed by atoms with Crippen LogP contribution < -0.4 is 0 Å².